The molecular weight excluding hydrogens is 423 g/mol. The molecule has 2 rings (SSSR count). The number of unbranched alkanes of at least 4 members (excludes halogenated alkanes) is 9. The summed E-state index contributed by atoms with van der Waals surface area (Å²) in [5.41, 5.74) is 2.38. The van der Waals surface area contributed by atoms with Crippen LogP contribution in [0.5, 0.6) is 5.75 Å². The third-order valence-corrected chi connectivity index (χ3v) is 6.70. The number of benzene rings is 1. The number of aryl methyl sites for hydroxylation is 1. The Hall–Kier alpha value is -1.97. The molecular formula is C30H47FN2O. The predicted molar refractivity (Wildman–Crippen MR) is 142 cm³/mol. The van der Waals surface area contributed by atoms with Crippen LogP contribution in [0.4, 0.5) is 4.39 Å². The quantitative estimate of drug-likeness (QED) is 0.192. The molecule has 3 nitrogen and oxygen atoms in total. The van der Waals surface area contributed by atoms with Crippen molar-refractivity contribution in [2.24, 2.45) is 5.92 Å². The highest BCUT2D eigenvalue weighted by Gasteiger charge is 2.16. The van der Waals surface area contributed by atoms with Crippen LogP contribution in [0.15, 0.2) is 36.7 Å². The van der Waals surface area contributed by atoms with E-state index in [4.69, 9.17) is 4.74 Å². The second-order valence-corrected chi connectivity index (χ2v) is 9.79. The Labute approximate surface area is 208 Å². The van der Waals surface area contributed by atoms with E-state index < -0.39 is 6.17 Å². The van der Waals surface area contributed by atoms with E-state index in [1.54, 1.807) is 12.4 Å². The molecule has 0 N–H and O–H groups in total. The molecule has 2 aromatic rings. The fourth-order valence-corrected chi connectivity index (χ4v) is 4.29. The largest absolute Gasteiger partial charge is 0.490 e. The van der Waals surface area contributed by atoms with Crippen molar-refractivity contribution in [1.82, 2.24) is 9.97 Å². The smallest absolute Gasteiger partial charge is 0.159 e. The van der Waals surface area contributed by atoms with Gasteiger partial charge >= 0.3 is 0 Å². The van der Waals surface area contributed by atoms with Crippen molar-refractivity contribution in [2.45, 2.75) is 117 Å². The van der Waals surface area contributed by atoms with E-state index in [0.717, 1.165) is 24.8 Å². The van der Waals surface area contributed by atoms with Gasteiger partial charge in [0.1, 0.15) is 6.17 Å². The van der Waals surface area contributed by atoms with Crippen LogP contribution in [0.2, 0.25) is 0 Å². The Morgan fingerprint density at radius 1 is 0.765 bits per heavy atom. The van der Waals surface area contributed by atoms with E-state index in [1.165, 1.54) is 69.8 Å². The number of ether oxygens (including phenoxy) is 1. The summed E-state index contributed by atoms with van der Waals surface area (Å²) in [4.78, 5) is 8.90. The molecule has 1 aromatic carbocycles. The molecule has 0 saturated carbocycles. The van der Waals surface area contributed by atoms with Crippen molar-refractivity contribution >= 4 is 0 Å². The Bertz CT molecular complexity index is 747. The van der Waals surface area contributed by atoms with Crippen LogP contribution in [0.3, 0.4) is 0 Å². The van der Waals surface area contributed by atoms with E-state index >= 15 is 0 Å². The zero-order valence-electron chi connectivity index (χ0n) is 21.9. The molecule has 0 aliphatic rings. The van der Waals surface area contributed by atoms with Gasteiger partial charge < -0.3 is 4.74 Å². The van der Waals surface area contributed by atoms with Crippen molar-refractivity contribution in [1.29, 1.82) is 0 Å². The molecule has 1 aromatic heterocycles. The molecule has 2 unspecified atom stereocenters. The first-order valence-electron chi connectivity index (χ1n) is 13.8. The highest BCUT2D eigenvalue weighted by Crippen LogP contribution is 2.21. The summed E-state index contributed by atoms with van der Waals surface area (Å²) in [6.45, 7) is 6.80. The van der Waals surface area contributed by atoms with Crippen LogP contribution in [-0.4, -0.2) is 22.7 Å². The fraction of sp³-hybridized carbons (Fsp3) is 0.667. The number of alkyl halides is 1. The highest BCUT2D eigenvalue weighted by molar-refractivity contribution is 5.55. The molecule has 2 atom stereocenters. The van der Waals surface area contributed by atoms with E-state index in [9.17, 15) is 4.39 Å². The second-order valence-electron chi connectivity index (χ2n) is 9.79. The van der Waals surface area contributed by atoms with E-state index in [-0.39, 0.29) is 5.92 Å². The molecule has 0 amide bonds. The van der Waals surface area contributed by atoms with Crippen molar-refractivity contribution < 1.29 is 9.13 Å². The first kappa shape index (κ1) is 28.3. The lowest BCUT2D eigenvalue weighted by Gasteiger charge is -2.16. The molecule has 0 aliphatic heterocycles. The van der Waals surface area contributed by atoms with Gasteiger partial charge in [-0.05, 0) is 30.7 Å². The zero-order valence-corrected chi connectivity index (χ0v) is 21.9. The summed E-state index contributed by atoms with van der Waals surface area (Å²) < 4.78 is 20.0. The third kappa shape index (κ3) is 11.4. The van der Waals surface area contributed by atoms with Gasteiger partial charge in [0.2, 0.25) is 0 Å². The normalized spacial score (nSPS) is 13.1. The molecule has 0 fully saturated rings. The van der Waals surface area contributed by atoms with Gasteiger partial charge in [-0.15, -0.1) is 0 Å². The van der Waals surface area contributed by atoms with Gasteiger partial charge in [-0.1, -0.05) is 109 Å². The average molecular weight is 471 g/mol. The lowest BCUT2D eigenvalue weighted by molar-refractivity contribution is 0.176. The van der Waals surface area contributed by atoms with Crippen molar-refractivity contribution in [3.05, 3.63) is 42.2 Å². The highest BCUT2D eigenvalue weighted by atomic mass is 19.1. The van der Waals surface area contributed by atoms with Crippen LogP contribution in [-0.2, 0) is 6.42 Å². The summed E-state index contributed by atoms with van der Waals surface area (Å²) in [6.07, 6.45) is 19.3. The van der Waals surface area contributed by atoms with Gasteiger partial charge in [-0.3, -0.25) is 0 Å². The Morgan fingerprint density at radius 3 is 2.00 bits per heavy atom. The monoisotopic (exact) mass is 470 g/mol. The number of rotatable bonds is 19. The van der Waals surface area contributed by atoms with E-state index in [1.807, 2.05) is 6.92 Å². The lowest BCUT2D eigenvalue weighted by Crippen LogP contribution is -2.16. The maximum absolute atomic E-state index is 14.3. The summed E-state index contributed by atoms with van der Waals surface area (Å²) in [5, 5.41) is 0. The van der Waals surface area contributed by atoms with E-state index in [0.29, 0.717) is 24.6 Å². The molecule has 0 radical (unpaired) electrons. The van der Waals surface area contributed by atoms with Crippen LogP contribution in [0.1, 0.15) is 110 Å². The molecule has 0 spiro atoms. The topological polar surface area (TPSA) is 35.0 Å². The van der Waals surface area contributed by atoms with Gasteiger partial charge in [0.25, 0.3) is 0 Å². The number of hydrogen-bond donors (Lipinski definition) is 0. The Kier molecular flexibility index (Phi) is 14.5. The van der Waals surface area contributed by atoms with E-state index in [2.05, 4.69) is 48.1 Å². The predicted octanol–water partition coefficient (Wildman–Crippen LogP) is 9.15. The second kappa shape index (κ2) is 17.5. The molecule has 1 heterocycles. The van der Waals surface area contributed by atoms with Gasteiger partial charge in [-0.25, -0.2) is 14.4 Å². The Morgan fingerprint density at radius 2 is 1.35 bits per heavy atom. The molecule has 0 bridgehead atoms. The standard InChI is InChI=1S/C30H47FN2O/c1-4-6-8-9-10-11-12-14-16-26-17-19-27(20-18-26)30-32-23-28(24-33-30)34-22-21-29(31)25(3)15-13-7-5-2/h17-20,23-25,29H,4-16,21-22H2,1-3H3. The van der Waals surface area contributed by atoms with Crippen molar-refractivity contribution in [3.8, 4) is 17.1 Å². The summed E-state index contributed by atoms with van der Waals surface area (Å²) in [6, 6.07) is 8.58. The Balaban J connectivity index is 1.67. The first-order valence-corrected chi connectivity index (χ1v) is 13.8. The maximum Gasteiger partial charge on any atom is 0.159 e. The number of aromatic nitrogens is 2. The zero-order chi connectivity index (χ0) is 24.4. The minimum atomic E-state index is -0.818. The maximum atomic E-state index is 14.3. The average Bonchev–Trinajstić information content (AvgIpc) is 2.86. The molecule has 190 valence electrons. The lowest BCUT2D eigenvalue weighted by atomic mass is 9.97. The molecule has 0 aliphatic carbocycles. The van der Waals surface area contributed by atoms with Crippen LogP contribution < -0.4 is 4.74 Å². The molecule has 0 saturated heterocycles. The number of halogens is 1. The first-order chi connectivity index (χ1) is 16.6. The summed E-state index contributed by atoms with van der Waals surface area (Å²) in [7, 11) is 0. The SMILES string of the molecule is CCCCCCCCCCc1ccc(-c2ncc(OCCC(F)C(C)CCCCC)cn2)cc1. The summed E-state index contributed by atoms with van der Waals surface area (Å²) in [5.74, 6) is 1.38. The van der Waals surface area contributed by atoms with Gasteiger partial charge in [0.05, 0.1) is 19.0 Å². The minimum Gasteiger partial charge on any atom is -0.490 e. The van der Waals surface area contributed by atoms with Gasteiger partial charge in [0.15, 0.2) is 11.6 Å². The van der Waals surface area contributed by atoms with Crippen molar-refractivity contribution in [2.75, 3.05) is 6.61 Å². The number of nitrogens with zero attached hydrogens (tertiary/aromatic N) is 2. The van der Waals surface area contributed by atoms with Gasteiger partial charge in [0, 0.05) is 12.0 Å². The number of hydrogen-bond acceptors (Lipinski definition) is 3. The van der Waals surface area contributed by atoms with Crippen LogP contribution >= 0.6 is 0 Å². The third-order valence-electron chi connectivity index (χ3n) is 6.70. The fourth-order valence-electron chi connectivity index (χ4n) is 4.29. The van der Waals surface area contributed by atoms with Crippen LogP contribution in [0, 0.1) is 5.92 Å². The summed E-state index contributed by atoms with van der Waals surface area (Å²) >= 11 is 0. The minimum absolute atomic E-state index is 0.0901. The van der Waals surface area contributed by atoms with Crippen molar-refractivity contribution in [3.63, 3.8) is 0 Å². The van der Waals surface area contributed by atoms with Gasteiger partial charge in [-0.2, -0.15) is 0 Å². The molecule has 4 heteroatoms. The molecule has 34 heavy (non-hydrogen) atoms. The van der Waals surface area contributed by atoms with Crippen LogP contribution in [0.25, 0.3) is 11.4 Å².